The number of hydrogen-bond donors (Lipinski definition) is 0. The molecule has 0 atom stereocenters. The Kier molecular flexibility index (Phi) is 3.83. The van der Waals surface area contributed by atoms with Crippen molar-refractivity contribution < 1.29 is 18.7 Å². The van der Waals surface area contributed by atoms with Crippen molar-refractivity contribution in [3.05, 3.63) is 65.1 Å². The van der Waals surface area contributed by atoms with E-state index in [1.54, 1.807) is 12.2 Å². The quantitative estimate of drug-likeness (QED) is 0.633. The summed E-state index contributed by atoms with van der Waals surface area (Å²) in [7, 11) is 0. The van der Waals surface area contributed by atoms with Crippen LogP contribution in [0.15, 0.2) is 52.5 Å². The van der Waals surface area contributed by atoms with Crippen LogP contribution in [0, 0.1) is 6.92 Å². The van der Waals surface area contributed by atoms with Crippen molar-refractivity contribution in [2.45, 2.75) is 13.8 Å². The van der Waals surface area contributed by atoms with Crippen LogP contribution in [0.3, 0.4) is 0 Å². The number of hydrogen-bond acceptors (Lipinski definition) is 4. The highest BCUT2D eigenvalue weighted by Crippen LogP contribution is 2.28. The van der Waals surface area contributed by atoms with E-state index in [2.05, 4.69) is 0 Å². The highest BCUT2D eigenvalue weighted by atomic mass is 16.5. The summed E-state index contributed by atoms with van der Waals surface area (Å²) in [5, 5.41) is 0. The van der Waals surface area contributed by atoms with Gasteiger partial charge in [0, 0.05) is 5.56 Å². The second kappa shape index (κ2) is 5.93. The minimum absolute atomic E-state index is 0.377. The van der Waals surface area contributed by atoms with E-state index in [1.165, 1.54) is 0 Å². The number of rotatable bonds is 4. The fraction of sp³-hybridized carbons (Fsp3) is 0.167. The van der Waals surface area contributed by atoms with Crippen molar-refractivity contribution in [3.63, 3.8) is 0 Å². The average Bonchev–Trinajstić information content (AvgIpc) is 3.07. The van der Waals surface area contributed by atoms with Crippen molar-refractivity contribution in [2.24, 2.45) is 0 Å². The third-order valence-electron chi connectivity index (χ3n) is 3.23. The summed E-state index contributed by atoms with van der Waals surface area (Å²) >= 11 is 0. The first-order valence-corrected chi connectivity index (χ1v) is 7.11. The van der Waals surface area contributed by atoms with Gasteiger partial charge in [0.2, 0.25) is 0 Å². The van der Waals surface area contributed by atoms with Crippen LogP contribution in [-0.2, 0) is 9.53 Å². The summed E-state index contributed by atoms with van der Waals surface area (Å²) in [4.78, 5) is 11.9. The van der Waals surface area contributed by atoms with Gasteiger partial charge in [-0.05, 0) is 62.4 Å². The van der Waals surface area contributed by atoms with Gasteiger partial charge in [-0.2, -0.15) is 0 Å². The second-order valence-corrected chi connectivity index (χ2v) is 4.90. The van der Waals surface area contributed by atoms with E-state index in [-0.39, 0.29) is 5.97 Å². The number of carbonyl (C=O) groups is 1. The normalized spacial score (nSPS) is 15.8. The lowest BCUT2D eigenvalue weighted by Gasteiger charge is -2.05. The number of furan rings is 1. The number of benzene rings is 1. The minimum atomic E-state index is -0.377. The van der Waals surface area contributed by atoms with Crippen molar-refractivity contribution in [1.29, 1.82) is 0 Å². The molecule has 0 unspecified atom stereocenters. The van der Waals surface area contributed by atoms with Gasteiger partial charge in [-0.1, -0.05) is 0 Å². The lowest BCUT2D eigenvalue weighted by atomic mass is 10.1. The SMILES string of the molecule is CCOc1ccc(C2=CC(=Cc3ccc(C)o3)C(=O)O2)cc1. The van der Waals surface area contributed by atoms with Gasteiger partial charge < -0.3 is 13.9 Å². The Morgan fingerprint density at radius 2 is 1.91 bits per heavy atom. The van der Waals surface area contributed by atoms with Crippen LogP contribution in [-0.4, -0.2) is 12.6 Å². The maximum Gasteiger partial charge on any atom is 0.343 e. The Labute approximate surface area is 128 Å². The molecule has 112 valence electrons. The molecular weight excluding hydrogens is 280 g/mol. The van der Waals surface area contributed by atoms with Crippen LogP contribution in [0.1, 0.15) is 24.0 Å². The van der Waals surface area contributed by atoms with Crippen molar-refractivity contribution in [1.82, 2.24) is 0 Å². The summed E-state index contributed by atoms with van der Waals surface area (Å²) in [6.07, 6.45) is 3.40. The predicted molar refractivity (Wildman–Crippen MR) is 83.1 cm³/mol. The number of esters is 1. The zero-order chi connectivity index (χ0) is 15.5. The number of ether oxygens (including phenoxy) is 2. The van der Waals surface area contributed by atoms with Gasteiger partial charge in [0.15, 0.2) is 0 Å². The van der Waals surface area contributed by atoms with E-state index in [0.29, 0.717) is 23.7 Å². The molecule has 22 heavy (non-hydrogen) atoms. The summed E-state index contributed by atoms with van der Waals surface area (Å²) < 4.78 is 16.2. The van der Waals surface area contributed by atoms with Gasteiger partial charge in [-0.25, -0.2) is 4.79 Å². The maximum atomic E-state index is 11.9. The van der Waals surface area contributed by atoms with Crippen LogP contribution in [0.25, 0.3) is 11.8 Å². The molecule has 1 aliphatic heterocycles. The molecule has 3 rings (SSSR count). The standard InChI is InChI=1S/C18H16O4/c1-3-20-15-8-5-13(6-9-15)17-11-14(18(19)22-17)10-16-7-4-12(2)21-16/h4-11H,3H2,1-2H3. The Bertz CT molecular complexity index is 748. The van der Waals surface area contributed by atoms with E-state index in [0.717, 1.165) is 17.1 Å². The molecule has 0 saturated heterocycles. The lowest BCUT2D eigenvalue weighted by Crippen LogP contribution is -1.97. The van der Waals surface area contributed by atoms with Gasteiger partial charge in [-0.15, -0.1) is 0 Å². The molecular formula is C18H16O4. The second-order valence-electron chi connectivity index (χ2n) is 4.90. The molecule has 0 fully saturated rings. The lowest BCUT2D eigenvalue weighted by molar-refractivity contribution is -0.130. The Morgan fingerprint density at radius 3 is 2.55 bits per heavy atom. The van der Waals surface area contributed by atoms with Crippen molar-refractivity contribution in [2.75, 3.05) is 6.61 Å². The van der Waals surface area contributed by atoms with Crippen LogP contribution >= 0.6 is 0 Å². The van der Waals surface area contributed by atoms with Crippen LogP contribution < -0.4 is 4.74 Å². The maximum absolute atomic E-state index is 11.9. The van der Waals surface area contributed by atoms with Gasteiger partial charge in [0.25, 0.3) is 0 Å². The minimum Gasteiger partial charge on any atom is -0.494 e. The largest absolute Gasteiger partial charge is 0.494 e. The Balaban J connectivity index is 1.84. The zero-order valence-corrected chi connectivity index (χ0v) is 12.5. The van der Waals surface area contributed by atoms with Gasteiger partial charge in [0.1, 0.15) is 23.0 Å². The molecule has 0 amide bonds. The monoisotopic (exact) mass is 296 g/mol. The van der Waals surface area contributed by atoms with Crippen LogP contribution in [0.4, 0.5) is 0 Å². The fourth-order valence-electron chi connectivity index (χ4n) is 2.20. The zero-order valence-electron chi connectivity index (χ0n) is 12.5. The van der Waals surface area contributed by atoms with Crippen LogP contribution in [0.5, 0.6) is 5.75 Å². The average molecular weight is 296 g/mol. The Hall–Kier alpha value is -2.75. The molecule has 1 aromatic carbocycles. The fourth-order valence-corrected chi connectivity index (χ4v) is 2.20. The Morgan fingerprint density at radius 1 is 1.14 bits per heavy atom. The van der Waals surface area contributed by atoms with E-state index in [1.807, 2.05) is 50.2 Å². The predicted octanol–water partition coefficient (Wildman–Crippen LogP) is 3.97. The number of carbonyl (C=O) groups excluding carboxylic acids is 1. The molecule has 0 saturated carbocycles. The molecule has 1 aromatic heterocycles. The molecule has 2 heterocycles. The van der Waals surface area contributed by atoms with Crippen molar-refractivity contribution in [3.8, 4) is 5.75 Å². The summed E-state index contributed by atoms with van der Waals surface area (Å²) in [6, 6.07) is 11.1. The highest BCUT2D eigenvalue weighted by molar-refractivity contribution is 6.04. The number of cyclic esters (lactones) is 1. The number of aryl methyl sites for hydroxylation is 1. The first-order valence-electron chi connectivity index (χ1n) is 7.11. The summed E-state index contributed by atoms with van der Waals surface area (Å²) in [5.41, 5.74) is 1.30. The van der Waals surface area contributed by atoms with E-state index in [4.69, 9.17) is 13.9 Å². The smallest absolute Gasteiger partial charge is 0.343 e. The molecule has 0 bridgehead atoms. The van der Waals surface area contributed by atoms with Crippen LogP contribution in [0.2, 0.25) is 0 Å². The molecule has 4 heteroatoms. The van der Waals surface area contributed by atoms with Gasteiger partial charge in [-0.3, -0.25) is 0 Å². The molecule has 0 N–H and O–H groups in total. The van der Waals surface area contributed by atoms with Gasteiger partial charge >= 0.3 is 5.97 Å². The first-order chi connectivity index (χ1) is 10.7. The molecule has 2 aromatic rings. The van der Waals surface area contributed by atoms with Crippen molar-refractivity contribution >= 4 is 17.8 Å². The molecule has 0 aliphatic carbocycles. The third-order valence-corrected chi connectivity index (χ3v) is 3.23. The molecule has 0 spiro atoms. The first kappa shape index (κ1) is 14.2. The molecule has 4 nitrogen and oxygen atoms in total. The van der Waals surface area contributed by atoms with E-state index >= 15 is 0 Å². The van der Waals surface area contributed by atoms with E-state index < -0.39 is 0 Å². The van der Waals surface area contributed by atoms with Gasteiger partial charge in [0.05, 0.1) is 12.2 Å². The molecule has 0 radical (unpaired) electrons. The summed E-state index contributed by atoms with van der Waals surface area (Å²) in [5.74, 6) is 2.38. The summed E-state index contributed by atoms with van der Waals surface area (Å²) in [6.45, 7) is 4.41. The molecule has 1 aliphatic rings. The third kappa shape index (κ3) is 2.96. The topological polar surface area (TPSA) is 48.7 Å². The highest BCUT2D eigenvalue weighted by Gasteiger charge is 2.22. The van der Waals surface area contributed by atoms with E-state index in [9.17, 15) is 4.79 Å².